The number of phenols is 3. The maximum Gasteiger partial charge on any atom is 0.326 e. The minimum Gasteiger partial charge on any atom is -0.508 e. The van der Waals surface area contributed by atoms with Gasteiger partial charge >= 0.3 is 5.97 Å². The summed E-state index contributed by atoms with van der Waals surface area (Å²) >= 11 is 0. The molecule has 1 saturated heterocycles. The first-order chi connectivity index (χ1) is 21.0. The number of phenolic OH excluding ortho intramolecular Hbond substituents is 3. The van der Waals surface area contributed by atoms with E-state index in [1.165, 1.54) is 41.3 Å². The van der Waals surface area contributed by atoms with Crippen LogP contribution < -0.4 is 16.4 Å². The lowest BCUT2D eigenvalue weighted by Gasteiger charge is -2.29. The van der Waals surface area contributed by atoms with Gasteiger partial charge in [-0.1, -0.05) is 36.4 Å². The zero-order chi connectivity index (χ0) is 31.8. The van der Waals surface area contributed by atoms with Crippen molar-refractivity contribution >= 4 is 23.7 Å². The quantitative estimate of drug-likeness (QED) is 0.159. The third-order valence-electron chi connectivity index (χ3n) is 7.55. The first-order valence-electron chi connectivity index (χ1n) is 14.2. The largest absolute Gasteiger partial charge is 0.508 e. The summed E-state index contributed by atoms with van der Waals surface area (Å²) in [6.45, 7) is 0.308. The van der Waals surface area contributed by atoms with Gasteiger partial charge < -0.3 is 41.7 Å². The van der Waals surface area contributed by atoms with E-state index in [9.17, 15) is 39.6 Å². The Labute approximate surface area is 254 Å². The van der Waals surface area contributed by atoms with Crippen LogP contribution in [0, 0.1) is 0 Å². The van der Waals surface area contributed by atoms with Crippen LogP contribution in [0.5, 0.6) is 17.2 Å². The maximum absolute atomic E-state index is 13.5. The maximum atomic E-state index is 13.5. The molecule has 44 heavy (non-hydrogen) atoms. The van der Waals surface area contributed by atoms with Gasteiger partial charge in [-0.2, -0.15) is 0 Å². The third-order valence-corrected chi connectivity index (χ3v) is 7.55. The standard InChI is InChI=1S/C32H36N4O8/c33-25(16-19-3-9-22(37)10-4-19)31(42)36-15-1-2-28(36)30(41)34-26(17-20-5-11-23(38)12-6-20)29(40)35-27(32(43)44)18-21-7-13-24(39)14-8-21/h3-14,25-28,37-39H,1-2,15-18,33H2,(H,34,41)(H,35,40)(H,43,44). The minimum atomic E-state index is -1.33. The van der Waals surface area contributed by atoms with Crippen LogP contribution in [0.3, 0.4) is 0 Å². The summed E-state index contributed by atoms with van der Waals surface area (Å²) in [6, 6.07) is 13.9. The van der Waals surface area contributed by atoms with E-state index < -0.39 is 47.9 Å². The van der Waals surface area contributed by atoms with E-state index in [-0.39, 0.29) is 36.5 Å². The zero-order valence-electron chi connectivity index (χ0n) is 23.9. The summed E-state index contributed by atoms with van der Waals surface area (Å²) in [5, 5.41) is 43.7. The molecular formula is C32H36N4O8. The van der Waals surface area contributed by atoms with Gasteiger partial charge in [-0.25, -0.2) is 4.79 Å². The highest BCUT2D eigenvalue weighted by Crippen LogP contribution is 2.21. The van der Waals surface area contributed by atoms with E-state index >= 15 is 0 Å². The average molecular weight is 605 g/mol. The summed E-state index contributed by atoms with van der Waals surface area (Å²) < 4.78 is 0. The van der Waals surface area contributed by atoms with Gasteiger partial charge in [0.15, 0.2) is 0 Å². The summed E-state index contributed by atoms with van der Waals surface area (Å²) in [7, 11) is 0. The molecule has 3 aromatic rings. The molecule has 12 nitrogen and oxygen atoms in total. The number of hydrogen-bond donors (Lipinski definition) is 7. The monoisotopic (exact) mass is 604 g/mol. The molecule has 12 heteroatoms. The molecule has 0 saturated carbocycles. The van der Waals surface area contributed by atoms with Crippen LogP contribution in [-0.4, -0.2) is 79.7 Å². The van der Waals surface area contributed by atoms with E-state index in [0.717, 1.165) is 5.56 Å². The molecule has 0 spiro atoms. The number of carboxylic acids is 1. The Morgan fingerprint density at radius 2 is 1.18 bits per heavy atom. The fourth-order valence-electron chi connectivity index (χ4n) is 5.17. The fraction of sp³-hybridized carbons (Fsp3) is 0.312. The molecule has 0 aromatic heterocycles. The molecule has 1 fully saturated rings. The fourth-order valence-corrected chi connectivity index (χ4v) is 5.17. The van der Waals surface area contributed by atoms with Gasteiger partial charge in [-0.3, -0.25) is 14.4 Å². The van der Waals surface area contributed by atoms with Gasteiger partial charge in [0.05, 0.1) is 6.04 Å². The Morgan fingerprint density at radius 3 is 1.66 bits per heavy atom. The molecule has 4 rings (SSSR count). The van der Waals surface area contributed by atoms with Gasteiger partial charge in [-0.05, 0) is 72.4 Å². The highest BCUT2D eigenvalue weighted by molar-refractivity contribution is 5.94. The number of aliphatic carboxylic acids is 1. The van der Waals surface area contributed by atoms with E-state index in [1.807, 2.05) is 0 Å². The van der Waals surface area contributed by atoms with Crippen LogP contribution in [-0.2, 0) is 38.4 Å². The molecule has 0 radical (unpaired) electrons. The van der Waals surface area contributed by atoms with Crippen molar-refractivity contribution in [2.75, 3.05) is 6.54 Å². The lowest BCUT2D eigenvalue weighted by molar-refractivity contribution is -0.143. The lowest BCUT2D eigenvalue weighted by Crippen LogP contribution is -2.57. The van der Waals surface area contributed by atoms with Gasteiger partial charge in [-0.15, -0.1) is 0 Å². The number of aromatic hydroxyl groups is 3. The number of benzene rings is 3. The SMILES string of the molecule is NC(Cc1ccc(O)cc1)C(=O)N1CCCC1C(=O)NC(Cc1ccc(O)cc1)C(=O)NC(Cc1ccc(O)cc1)C(=O)O. The van der Waals surface area contributed by atoms with Gasteiger partial charge in [0.1, 0.15) is 35.4 Å². The van der Waals surface area contributed by atoms with Crippen molar-refractivity contribution < 1.29 is 39.6 Å². The van der Waals surface area contributed by atoms with Gasteiger partial charge in [0.25, 0.3) is 0 Å². The first-order valence-corrected chi connectivity index (χ1v) is 14.2. The van der Waals surface area contributed by atoms with Crippen LogP contribution >= 0.6 is 0 Å². The number of nitrogens with two attached hydrogens (primary N) is 1. The number of amides is 3. The van der Waals surface area contributed by atoms with Crippen LogP contribution in [0.2, 0.25) is 0 Å². The van der Waals surface area contributed by atoms with Crippen LogP contribution in [0.25, 0.3) is 0 Å². The Hall–Kier alpha value is -5.10. The number of nitrogens with one attached hydrogen (secondary N) is 2. The Bertz CT molecular complexity index is 1460. The van der Waals surface area contributed by atoms with Crippen molar-refractivity contribution in [1.29, 1.82) is 0 Å². The average Bonchev–Trinajstić information content (AvgIpc) is 3.49. The number of nitrogens with zero attached hydrogens (tertiary/aromatic N) is 1. The van der Waals surface area contributed by atoms with Crippen molar-refractivity contribution in [3.63, 3.8) is 0 Å². The molecule has 1 aliphatic heterocycles. The summed E-state index contributed by atoms with van der Waals surface area (Å²) in [5.41, 5.74) is 8.12. The summed E-state index contributed by atoms with van der Waals surface area (Å²) in [4.78, 5) is 53.7. The zero-order valence-corrected chi connectivity index (χ0v) is 23.9. The van der Waals surface area contributed by atoms with E-state index in [2.05, 4.69) is 10.6 Å². The minimum absolute atomic E-state index is 0.00949. The van der Waals surface area contributed by atoms with Crippen molar-refractivity contribution in [2.24, 2.45) is 5.73 Å². The smallest absolute Gasteiger partial charge is 0.326 e. The molecule has 3 aromatic carbocycles. The van der Waals surface area contributed by atoms with E-state index in [4.69, 9.17) is 5.73 Å². The van der Waals surface area contributed by atoms with Crippen molar-refractivity contribution in [1.82, 2.24) is 15.5 Å². The molecule has 1 heterocycles. The van der Waals surface area contributed by atoms with Crippen molar-refractivity contribution in [3.8, 4) is 17.2 Å². The van der Waals surface area contributed by atoms with Crippen molar-refractivity contribution in [2.45, 2.75) is 56.3 Å². The number of carbonyl (C=O) groups is 4. The second kappa shape index (κ2) is 14.4. The molecule has 0 aliphatic carbocycles. The van der Waals surface area contributed by atoms with Crippen LogP contribution in [0.4, 0.5) is 0 Å². The van der Waals surface area contributed by atoms with Crippen LogP contribution in [0.1, 0.15) is 29.5 Å². The summed E-state index contributed by atoms with van der Waals surface area (Å²) in [5.74, 6) is -2.89. The highest BCUT2D eigenvalue weighted by Gasteiger charge is 2.38. The van der Waals surface area contributed by atoms with E-state index in [1.54, 1.807) is 36.4 Å². The van der Waals surface area contributed by atoms with Gasteiger partial charge in [0.2, 0.25) is 17.7 Å². The first kappa shape index (κ1) is 31.8. The number of carboxylic acid groups (broad SMARTS) is 1. The van der Waals surface area contributed by atoms with Crippen molar-refractivity contribution in [3.05, 3.63) is 89.5 Å². The molecule has 3 amide bonds. The lowest BCUT2D eigenvalue weighted by atomic mass is 10.0. The molecule has 8 N–H and O–H groups in total. The number of rotatable bonds is 12. The predicted molar refractivity (Wildman–Crippen MR) is 160 cm³/mol. The molecular weight excluding hydrogens is 568 g/mol. The molecule has 232 valence electrons. The Morgan fingerprint density at radius 1 is 0.727 bits per heavy atom. The molecule has 0 bridgehead atoms. The Balaban J connectivity index is 1.48. The van der Waals surface area contributed by atoms with Crippen LogP contribution in [0.15, 0.2) is 72.8 Å². The highest BCUT2D eigenvalue weighted by atomic mass is 16.4. The third kappa shape index (κ3) is 8.48. The second-order valence-corrected chi connectivity index (χ2v) is 10.9. The number of hydrogen-bond acceptors (Lipinski definition) is 8. The molecule has 1 aliphatic rings. The second-order valence-electron chi connectivity index (χ2n) is 10.9. The van der Waals surface area contributed by atoms with E-state index in [0.29, 0.717) is 30.5 Å². The normalized spacial score (nSPS) is 16.5. The number of likely N-dealkylation sites (tertiary alicyclic amines) is 1. The molecule has 4 unspecified atom stereocenters. The summed E-state index contributed by atoms with van der Waals surface area (Å²) in [6.07, 6.45) is 1.04. The number of carbonyl (C=O) groups excluding carboxylic acids is 3. The molecule has 4 atom stereocenters. The van der Waals surface area contributed by atoms with Gasteiger partial charge in [0, 0.05) is 19.4 Å². The topological polar surface area (TPSA) is 203 Å². The Kier molecular flexibility index (Phi) is 10.4. The predicted octanol–water partition coefficient (Wildman–Crippen LogP) is 1.20.